The Kier molecular flexibility index (Phi) is 23.7. The van der Waals surface area contributed by atoms with Crippen LogP contribution in [0.1, 0.15) is 74.8 Å². The Labute approximate surface area is 248 Å². The number of quaternary nitrogens is 1. The highest BCUT2D eigenvalue weighted by Crippen LogP contribution is 2.33. The third kappa shape index (κ3) is 18.2. The number of carbonyl (C=O) groups excluding carboxylic acids is 1. The van der Waals surface area contributed by atoms with Crippen LogP contribution in [0.5, 0.6) is 5.75 Å². The third-order valence-electron chi connectivity index (χ3n) is 6.58. The van der Waals surface area contributed by atoms with Crippen LogP contribution in [0.2, 0.25) is 0 Å². The average molecular weight is 602 g/mol. The number of alkyl halides is 5. The van der Waals surface area contributed by atoms with Crippen molar-refractivity contribution in [1.82, 2.24) is 4.90 Å². The predicted octanol–water partition coefficient (Wildman–Crippen LogP) is 5.79. The quantitative estimate of drug-likeness (QED) is 0.255. The van der Waals surface area contributed by atoms with Gasteiger partial charge < -0.3 is 19.7 Å². The number of piperidine rings is 1. The van der Waals surface area contributed by atoms with Crippen molar-refractivity contribution in [1.29, 1.82) is 0 Å². The average Bonchev–Trinajstić information content (AvgIpc) is 3.55. The molecule has 3 fully saturated rings. The Morgan fingerprint density at radius 2 is 1.55 bits per heavy atom. The Hall–Kier alpha value is -3.26. The van der Waals surface area contributed by atoms with Gasteiger partial charge >= 0.3 is 6.18 Å². The van der Waals surface area contributed by atoms with E-state index in [0.717, 1.165) is 56.6 Å². The summed E-state index contributed by atoms with van der Waals surface area (Å²) < 4.78 is 71.4. The van der Waals surface area contributed by atoms with Crippen LogP contribution in [-0.2, 0) is 16.1 Å². The van der Waals surface area contributed by atoms with Crippen LogP contribution in [0.4, 0.5) is 22.0 Å². The van der Waals surface area contributed by atoms with E-state index in [9.17, 15) is 26.7 Å². The summed E-state index contributed by atoms with van der Waals surface area (Å²) >= 11 is 0. The van der Waals surface area contributed by atoms with Gasteiger partial charge in [0, 0.05) is 50.9 Å². The van der Waals surface area contributed by atoms with Gasteiger partial charge in [-0.25, -0.2) is 8.78 Å². The van der Waals surface area contributed by atoms with Gasteiger partial charge in [-0.3, -0.25) is 4.79 Å². The summed E-state index contributed by atoms with van der Waals surface area (Å²) in [5.41, 5.74) is 1.78. The van der Waals surface area contributed by atoms with Gasteiger partial charge in [0.05, 0.1) is 19.7 Å². The van der Waals surface area contributed by atoms with Crippen molar-refractivity contribution in [2.75, 3.05) is 39.9 Å². The lowest BCUT2D eigenvalue weighted by Gasteiger charge is -2.21. The van der Waals surface area contributed by atoms with Crippen LogP contribution in [0.25, 0.3) is 0 Å². The lowest BCUT2D eigenvalue weighted by atomic mass is 9.93. The predicted molar refractivity (Wildman–Crippen MR) is 157 cm³/mol. The number of nitrogens with zero attached hydrogens (tertiary/aromatic N) is 1. The van der Waals surface area contributed by atoms with E-state index >= 15 is 0 Å². The second-order valence-electron chi connectivity index (χ2n) is 9.58. The second kappa shape index (κ2) is 24.3. The normalized spacial score (nSPS) is 18.6. The molecule has 2 N–H and O–H groups in total. The van der Waals surface area contributed by atoms with E-state index in [1.807, 2.05) is 11.0 Å². The molecule has 4 rings (SSSR count). The standard InChI is InChI=1S/C14H18F3NO2.C6H10F2.C6H11NO.3C2H2/c1-19-8-12-11(10-5-6-18-7-10)3-2-4-13(12)20-9-14(15,16)17;7-6(8)4-2-1-3-5-6;8-6-7-4-2-1-3-5-7;3*1-2/h2-4,10,18H,5-9H2,1H3;1-5H2;6H,1-5H2;3*1-2H/p+1/t10-;;;;;/m0...../s1. The van der Waals surface area contributed by atoms with Gasteiger partial charge in [-0.15, -0.1) is 38.5 Å². The first kappa shape index (κ1) is 40.9. The Morgan fingerprint density at radius 3 is 1.95 bits per heavy atom. The van der Waals surface area contributed by atoms with E-state index in [0.29, 0.717) is 18.8 Å². The number of ether oxygens (including phenoxy) is 2. The zero-order valence-corrected chi connectivity index (χ0v) is 24.6. The molecule has 1 atom stereocenters. The molecule has 0 radical (unpaired) electrons. The molecule has 2 aliphatic heterocycles. The van der Waals surface area contributed by atoms with E-state index in [2.05, 4.69) is 43.9 Å². The zero-order valence-electron chi connectivity index (χ0n) is 24.6. The number of nitrogens with two attached hydrogens (primary N) is 1. The van der Waals surface area contributed by atoms with Crippen molar-refractivity contribution >= 4 is 6.41 Å². The minimum Gasteiger partial charge on any atom is -0.484 e. The van der Waals surface area contributed by atoms with Crippen molar-refractivity contribution in [2.45, 2.75) is 82.4 Å². The Bertz CT molecular complexity index is 866. The van der Waals surface area contributed by atoms with E-state index in [1.165, 1.54) is 26.4 Å². The third-order valence-corrected chi connectivity index (χ3v) is 6.58. The molecule has 1 saturated carbocycles. The van der Waals surface area contributed by atoms with E-state index in [-0.39, 0.29) is 25.2 Å². The summed E-state index contributed by atoms with van der Waals surface area (Å²) in [7, 11) is 1.53. The monoisotopic (exact) mass is 601 g/mol. The Balaban J connectivity index is 0. The van der Waals surface area contributed by atoms with Gasteiger partial charge in [0.1, 0.15) is 5.75 Å². The second-order valence-corrected chi connectivity index (χ2v) is 9.58. The number of halogens is 5. The first-order valence-electron chi connectivity index (χ1n) is 13.8. The highest BCUT2D eigenvalue weighted by Gasteiger charge is 2.31. The molecule has 1 aromatic rings. The van der Waals surface area contributed by atoms with Gasteiger partial charge in [0.15, 0.2) is 6.61 Å². The van der Waals surface area contributed by atoms with Crippen molar-refractivity contribution in [3.63, 3.8) is 0 Å². The van der Waals surface area contributed by atoms with Crippen molar-refractivity contribution in [3.05, 3.63) is 29.3 Å². The lowest BCUT2D eigenvalue weighted by Crippen LogP contribution is -2.81. The number of likely N-dealkylation sites (tertiary alicyclic amines) is 1. The number of amides is 1. The van der Waals surface area contributed by atoms with E-state index in [4.69, 9.17) is 9.47 Å². The number of hydrogen-bond acceptors (Lipinski definition) is 3. The molecular formula is C32H46F5N2O3+. The molecule has 3 aliphatic rings. The fraction of sp³-hybridized carbons (Fsp3) is 0.594. The number of benzene rings is 1. The molecule has 5 nitrogen and oxygen atoms in total. The minimum absolute atomic E-state index is 0.118. The van der Waals surface area contributed by atoms with Crippen LogP contribution in [0, 0.1) is 38.5 Å². The molecule has 0 bridgehead atoms. The van der Waals surface area contributed by atoms with Crippen LogP contribution in [0.15, 0.2) is 18.2 Å². The maximum Gasteiger partial charge on any atom is 0.422 e. The SMILES string of the molecule is C#C.C#C.C#C.COCc1c(OCC(F)(F)F)cccc1[C@H]1CC[NH2+]C1.FC1(F)CCCCC1.O=CN1CCCCC1. The van der Waals surface area contributed by atoms with Gasteiger partial charge in [0.2, 0.25) is 12.3 Å². The van der Waals surface area contributed by atoms with Gasteiger partial charge in [-0.05, 0) is 43.7 Å². The molecule has 0 aromatic heterocycles. The maximum atomic E-state index is 12.3. The molecule has 2 saturated heterocycles. The molecule has 42 heavy (non-hydrogen) atoms. The first-order valence-corrected chi connectivity index (χ1v) is 13.8. The molecular weight excluding hydrogens is 555 g/mol. The van der Waals surface area contributed by atoms with Crippen molar-refractivity contribution in [2.24, 2.45) is 0 Å². The van der Waals surface area contributed by atoms with Crippen LogP contribution < -0.4 is 10.1 Å². The smallest absolute Gasteiger partial charge is 0.422 e. The molecule has 1 aromatic carbocycles. The minimum atomic E-state index is -4.33. The Morgan fingerprint density at radius 1 is 0.976 bits per heavy atom. The molecule has 0 unspecified atom stereocenters. The highest BCUT2D eigenvalue weighted by atomic mass is 19.4. The first-order chi connectivity index (χ1) is 20.1. The summed E-state index contributed by atoms with van der Waals surface area (Å²) in [6.07, 6.45) is 28.0. The van der Waals surface area contributed by atoms with Crippen molar-refractivity contribution in [3.8, 4) is 44.3 Å². The fourth-order valence-electron chi connectivity index (χ4n) is 4.69. The molecule has 1 amide bonds. The fourth-order valence-corrected chi connectivity index (χ4v) is 4.69. The molecule has 1 aliphatic carbocycles. The molecule has 10 heteroatoms. The zero-order chi connectivity index (χ0) is 32.4. The summed E-state index contributed by atoms with van der Waals surface area (Å²) in [6.45, 7) is 2.95. The number of methoxy groups -OCH3 is 1. The van der Waals surface area contributed by atoms with Crippen LogP contribution >= 0.6 is 0 Å². The van der Waals surface area contributed by atoms with Gasteiger partial charge in [-0.2, -0.15) is 13.2 Å². The summed E-state index contributed by atoms with van der Waals surface area (Å²) in [4.78, 5) is 11.9. The number of terminal acetylenes is 3. The molecule has 2 heterocycles. The number of carbonyl (C=O) groups is 1. The number of rotatable bonds is 6. The van der Waals surface area contributed by atoms with Gasteiger partial charge in [-0.1, -0.05) is 18.6 Å². The molecule has 0 spiro atoms. The van der Waals surface area contributed by atoms with Crippen molar-refractivity contribution < 1.29 is 41.5 Å². The van der Waals surface area contributed by atoms with E-state index in [1.54, 1.807) is 12.1 Å². The van der Waals surface area contributed by atoms with E-state index < -0.39 is 18.7 Å². The molecule has 236 valence electrons. The topological polar surface area (TPSA) is 55.4 Å². The number of hydrogen-bond donors (Lipinski definition) is 1. The summed E-state index contributed by atoms with van der Waals surface area (Å²) in [5.74, 6) is -1.69. The summed E-state index contributed by atoms with van der Waals surface area (Å²) in [6, 6.07) is 5.28. The largest absolute Gasteiger partial charge is 0.484 e. The van der Waals surface area contributed by atoms with Gasteiger partial charge in [0.25, 0.3) is 0 Å². The van der Waals surface area contributed by atoms with Crippen LogP contribution in [0.3, 0.4) is 0 Å². The summed E-state index contributed by atoms with van der Waals surface area (Å²) in [5, 5.41) is 2.21. The highest BCUT2D eigenvalue weighted by molar-refractivity contribution is 5.47. The lowest BCUT2D eigenvalue weighted by molar-refractivity contribution is -0.636. The van der Waals surface area contributed by atoms with Crippen LogP contribution in [-0.4, -0.2) is 63.3 Å². The maximum absolute atomic E-state index is 12.3.